The molecule has 3 amide bonds. The highest BCUT2D eigenvalue weighted by atomic mass is 16.5. The molecule has 1 unspecified atom stereocenters. The molecule has 7 nitrogen and oxygen atoms in total. The van der Waals surface area contributed by atoms with E-state index in [9.17, 15) is 19.6 Å². The van der Waals surface area contributed by atoms with Gasteiger partial charge < -0.3 is 10.6 Å². The summed E-state index contributed by atoms with van der Waals surface area (Å²) in [5, 5.41) is 15.7. The maximum Gasteiger partial charge on any atom is 0.242 e. The monoisotopic (exact) mass is 391 g/mol. The number of carbonyl (C=O) groups excluding carboxylic acids is 3. The molecule has 0 aromatic heterocycles. The van der Waals surface area contributed by atoms with Gasteiger partial charge in [0.1, 0.15) is 6.04 Å². The van der Waals surface area contributed by atoms with Crippen LogP contribution in [-0.4, -0.2) is 47.6 Å². The first-order valence-corrected chi connectivity index (χ1v) is 9.60. The average Bonchev–Trinajstić information content (AvgIpc) is 2.67. The fourth-order valence-corrected chi connectivity index (χ4v) is 3.11. The Kier molecular flexibility index (Phi) is 9.12. The topological polar surface area (TPSA) is 98.7 Å². The summed E-state index contributed by atoms with van der Waals surface area (Å²) in [5.74, 6) is -1.29. The van der Waals surface area contributed by atoms with Crippen molar-refractivity contribution in [2.45, 2.75) is 59.0 Å². The molecule has 7 heteroatoms. The number of hydrogen-bond donors (Lipinski definition) is 3. The van der Waals surface area contributed by atoms with E-state index in [-0.39, 0.29) is 11.8 Å². The molecule has 0 aliphatic rings. The number of nitrogens with one attached hydrogen (secondary N) is 2. The zero-order valence-electron chi connectivity index (χ0n) is 17.4. The summed E-state index contributed by atoms with van der Waals surface area (Å²) >= 11 is 0. The Balaban J connectivity index is 2.91. The quantitative estimate of drug-likeness (QED) is 0.323. The lowest BCUT2D eigenvalue weighted by molar-refractivity contribution is -0.166. The van der Waals surface area contributed by atoms with Crippen molar-refractivity contribution in [1.29, 1.82) is 0 Å². The SMILES string of the molecule is CNC(=O)[C@@H](NC(=O)C(CCCc1ccccc1)[C@H](C)N(O)C=O)C(C)(C)C. The van der Waals surface area contributed by atoms with Crippen LogP contribution >= 0.6 is 0 Å². The Bertz CT molecular complexity index is 643. The largest absolute Gasteiger partial charge is 0.357 e. The maximum atomic E-state index is 13.0. The molecule has 0 heterocycles. The lowest BCUT2D eigenvalue weighted by Crippen LogP contribution is -2.56. The molecule has 0 spiro atoms. The fourth-order valence-electron chi connectivity index (χ4n) is 3.11. The Hall–Kier alpha value is -2.41. The molecule has 3 N–H and O–H groups in total. The summed E-state index contributed by atoms with van der Waals surface area (Å²) in [7, 11) is 1.52. The summed E-state index contributed by atoms with van der Waals surface area (Å²) in [4.78, 5) is 36.2. The van der Waals surface area contributed by atoms with Crippen LogP contribution in [0, 0.1) is 11.3 Å². The van der Waals surface area contributed by atoms with Gasteiger partial charge >= 0.3 is 0 Å². The van der Waals surface area contributed by atoms with Gasteiger partial charge in [0.2, 0.25) is 18.2 Å². The second kappa shape index (κ2) is 10.8. The lowest BCUT2D eigenvalue weighted by atomic mass is 9.85. The number of nitrogens with zero attached hydrogens (tertiary/aromatic N) is 1. The van der Waals surface area contributed by atoms with Crippen molar-refractivity contribution in [3.8, 4) is 0 Å². The first-order chi connectivity index (χ1) is 13.1. The summed E-state index contributed by atoms with van der Waals surface area (Å²) < 4.78 is 0. The van der Waals surface area contributed by atoms with Crippen molar-refractivity contribution in [2.75, 3.05) is 7.05 Å². The average molecular weight is 392 g/mol. The van der Waals surface area contributed by atoms with E-state index in [1.54, 1.807) is 6.92 Å². The van der Waals surface area contributed by atoms with Crippen LogP contribution in [0.5, 0.6) is 0 Å². The molecule has 0 radical (unpaired) electrons. The third-order valence-electron chi connectivity index (χ3n) is 4.93. The highest BCUT2D eigenvalue weighted by Gasteiger charge is 2.36. The number of hydrogen-bond acceptors (Lipinski definition) is 4. The van der Waals surface area contributed by atoms with E-state index in [4.69, 9.17) is 0 Å². The van der Waals surface area contributed by atoms with Gasteiger partial charge in [-0.3, -0.25) is 19.6 Å². The van der Waals surface area contributed by atoms with Crippen molar-refractivity contribution in [2.24, 2.45) is 11.3 Å². The van der Waals surface area contributed by atoms with Crippen molar-refractivity contribution < 1.29 is 19.6 Å². The number of carbonyl (C=O) groups is 3. The standard InChI is InChI=1S/C21H33N3O4/c1-15(24(28)14-25)17(13-9-12-16-10-7-6-8-11-16)19(26)23-18(20(27)22-5)21(2,3)4/h6-8,10-11,14-15,17-18,28H,9,12-13H2,1-5H3,(H,22,27)(H,23,26)/t15-,17?,18+/m0/s1. The lowest BCUT2D eigenvalue weighted by Gasteiger charge is -2.33. The summed E-state index contributed by atoms with van der Waals surface area (Å²) in [6, 6.07) is 8.46. The second-order valence-corrected chi connectivity index (χ2v) is 8.13. The second-order valence-electron chi connectivity index (χ2n) is 8.13. The molecular formula is C21H33N3O4. The zero-order chi connectivity index (χ0) is 21.3. The van der Waals surface area contributed by atoms with Gasteiger partial charge in [0.15, 0.2) is 0 Å². The van der Waals surface area contributed by atoms with Crippen molar-refractivity contribution in [1.82, 2.24) is 15.7 Å². The Labute approximate surface area is 167 Å². The molecule has 0 bridgehead atoms. The van der Waals surface area contributed by atoms with Gasteiger partial charge in [0.25, 0.3) is 0 Å². The number of likely N-dealkylation sites (N-methyl/N-ethyl adjacent to an activating group) is 1. The molecule has 3 atom stereocenters. The molecule has 0 saturated carbocycles. The van der Waals surface area contributed by atoms with E-state index in [0.29, 0.717) is 24.3 Å². The van der Waals surface area contributed by atoms with Crippen LogP contribution < -0.4 is 10.6 Å². The van der Waals surface area contributed by atoms with Crippen LogP contribution in [0.1, 0.15) is 46.1 Å². The van der Waals surface area contributed by atoms with Crippen LogP contribution in [0.2, 0.25) is 0 Å². The van der Waals surface area contributed by atoms with Gasteiger partial charge in [-0.2, -0.15) is 0 Å². The first kappa shape index (κ1) is 23.6. The minimum absolute atomic E-state index is 0.284. The van der Waals surface area contributed by atoms with Crippen LogP contribution in [0.3, 0.4) is 0 Å². The van der Waals surface area contributed by atoms with Crippen LogP contribution in [0.15, 0.2) is 30.3 Å². The highest BCUT2D eigenvalue weighted by Crippen LogP contribution is 2.22. The van der Waals surface area contributed by atoms with Crippen LogP contribution in [-0.2, 0) is 20.8 Å². The third kappa shape index (κ3) is 6.96. The van der Waals surface area contributed by atoms with Gasteiger partial charge in [-0.15, -0.1) is 0 Å². The zero-order valence-corrected chi connectivity index (χ0v) is 17.4. The Morgan fingerprint density at radius 2 is 1.79 bits per heavy atom. The first-order valence-electron chi connectivity index (χ1n) is 9.60. The van der Waals surface area contributed by atoms with Crippen molar-refractivity contribution in [3.05, 3.63) is 35.9 Å². The predicted molar refractivity (Wildman–Crippen MR) is 107 cm³/mol. The van der Waals surface area contributed by atoms with E-state index < -0.39 is 23.4 Å². The predicted octanol–water partition coefficient (Wildman–Crippen LogP) is 2.14. The van der Waals surface area contributed by atoms with Crippen molar-refractivity contribution >= 4 is 18.2 Å². The minimum atomic E-state index is -0.725. The number of aryl methyl sites for hydroxylation is 1. The van der Waals surface area contributed by atoms with E-state index in [1.807, 2.05) is 51.1 Å². The Morgan fingerprint density at radius 3 is 2.29 bits per heavy atom. The molecule has 1 aromatic carbocycles. The maximum absolute atomic E-state index is 13.0. The van der Waals surface area contributed by atoms with Gasteiger partial charge in [0, 0.05) is 7.05 Å². The third-order valence-corrected chi connectivity index (χ3v) is 4.93. The molecule has 1 rings (SSSR count). The molecule has 28 heavy (non-hydrogen) atoms. The fraction of sp³-hybridized carbons (Fsp3) is 0.571. The smallest absolute Gasteiger partial charge is 0.242 e. The van der Waals surface area contributed by atoms with Crippen LogP contribution in [0.4, 0.5) is 0 Å². The van der Waals surface area contributed by atoms with E-state index in [1.165, 1.54) is 7.05 Å². The summed E-state index contributed by atoms with van der Waals surface area (Å²) in [5.41, 5.74) is 0.667. The number of amides is 3. The van der Waals surface area contributed by atoms with Crippen molar-refractivity contribution in [3.63, 3.8) is 0 Å². The summed E-state index contributed by atoms with van der Waals surface area (Å²) in [6.45, 7) is 7.22. The molecule has 1 aromatic rings. The van der Waals surface area contributed by atoms with Gasteiger partial charge in [-0.25, -0.2) is 5.06 Å². The molecule has 0 aliphatic carbocycles. The van der Waals surface area contributed by atoms with E-state index in [2.05, 4.69) is 10.6 Å². The number of hydroxylamine groups is 2. The molecular weight excluding hydrogens is 358 g/mol. The highest BCUT2D eigenvalue weighted by molar-refractivity contribution is 5.89. The molecule has 0 saturated heterocycles. The molecule has 156 valence electrons. The van der Waals surface area contributed by atoms with Gasteiger partial charge in [-0.05, 0) is 37.2 Å². The normalized spacial score (nSPS) is 14.5. The summed E-state index contributed by atoms with van der Waals surface area (Å²) in [6.07, 6.45) is 2.25. The van der Waals surface area contributed by atoms with E-state index in [0.717, 1.165) is 12.0 Å². The number of rotatable bonds is 10. The Morgan fingerprint density at radius 1 is 1.18 bits per heavy atom. The van der Waals surface area contributed by atoms with Gasteiger partial charge in [0.05, 0.1) is 12.0 Å². The minimum Gasteiger partial charge on any atom is -0.357 e. The molecule has 0 aliphatic heterocycles. The molecule has 0 fully saturated rings. The van der Waals surface area contributed by atoms with Crippen LogP contribution in [0.25, 0.3) is 0 Å². The number of benzene rings is 1. The van der Waals surface area contributed by atoms with E-state index >= 15 is 0 Å². The van der Waals surface area contributed by atoms with Gasteiger partial charge in [-0.1, -0.05) is 51.1 Å².